The van der Waals surface area contributed by atoms with Gasteiger partial charge in [0.05, 0.1) is 5.60 Å². The number of piperidine rings is 1. The molecule has 6 atom stereocenters. The second-order valence-electron chi connectivity index (χ2n) is 12.5. The van der Waals surface area contributed by atoms with E-state index in [9.17, 15) is 9.90 Å². The van der Waals surface area contributed by atoms with Crippen molar-refractivity contribution in [1.82, 2.24) is 4.90 Å². The first-order valence-electron chi connectivity index (χ1n) is 13.8. The van der Waals surface area contributed by atoms with Crippen molar-refractivity contribution in [2.24, 2.45) is 35.0 Å². The van der Waals surface area contributed by atoms with Crippen LogP contribution < -0.4 is 0 Å². The molecule has 0 bridgehead atoms. The molecule has 3 saturated carbocycles. The van der Waals surface area contributed by atoms with Gasteiger partial charge >= 0.3 is 0 Å². The van der Waals surface area contributed by atoms with E-state index in [0.29, 0.717) is 11.9 Å². The SMILES string of the molecule is CCC[C@@H]1[C@@H](C2CCC(C)(O)CC2)CC[C@]2(C)[C@@H](C(=O)N3CCCC[C@@H]3C)CCC[C@@H]12. The van der Waals surface area contributed by atoms with E-state index in [2.05, 4.69) is 25.7 Å². The van der Waals surface area contributed by atoms with Crippen LogP contribution in [0.15, 0.2) is 0 Å². The molecule has 3 aliphatic carbocycles. The second kappa shape index (κ2) is 9.35. The molecular formula is C28H49NO2. The lowest BCUT2D eigenvalue weighted by molar-refractivity contribution is -0.155. The summed E-state index contributed by atoms with van der Waals surface area (Å²) in [5.41, 5.74) is -0.240. The number of rotatable bonds is 4. The number of carbonyl (C=O) groups is 1. The van der Waals surface area contributed by atoms with Crippen LogP contribution in [0.25, 0.3) is 0 Å². The molecule has 0 unspecified atom stereocenters. The molecule has 0 radical (unpaired) electrons. The molecule has 1 N–H and O–H groups in total. The van der Waals surface area contributed by atoms with Gasteiger partial charge in [0.1, 0.15) is 0 Å². The van der Waals surface area contributed by atoms with Crippen molar-refractivity contribution in [1.29, 1.82) is 0 Å². The minimum absolute atomic E-state index is 0.197. The molecule has 31 heavy (non-hydrogen) atoms. The molecule has 1 amide bonds. The Morgan fingerprint density at radius 3 is 2.39 bits per heavy atom. The largest absolute Gasteiger partial charge is 0.390 e. The minimum Gasteiger partial charge on any atom is -0.390 e. The van der Waals surface area contributed by atoms with Gasteiger partial charge in [0.25, 0.3) is 0 Å². The lowest BCUT2D eigenvalue weighted by Crippen LogP contribution is -2.56. The van der Waals surface area contributed by atoms with Crippen molar-refractivity contribution in [2.45, 2.75) is 129 Å². The zero-order valence-electron chi connectivity index (χ0n) is 20.9. The molecular weight excluding hydrogens is 382 g/mol. The van der Waals surface area contributed by atoms with Crippen LogP contribution in [0.1, 0.15) is 118 Å². The van der Waals surface area contributed by atoms with Crippen LogP contribution in [-0.4, -0.2) is 34.1 Å². The van der Waals surface area contributed by atoms with Crippen molar-refractivity contribution in [2.75, 3.05) is 6.54 Å². The highest BCUT2D eigenvalue weighted by atomic mass is 16.3. The smallest absolute Gasteiger partial charge is 0.226 e. The van der Waals surface area contributed by atoms with E-state index < -0.39 is 5.60 Å². The maximum atomic E-state index is 13.8. The van der Waals surface area contributed by atoms with E-state index in [4.69, 9.17) is 0 Å². The van der Waals surface area contributed by atoms with Crippen LogP contribution in [-0.2, 0) is 4.79 Å². The van der Waals surface area contributed by atoms with Crippen LogP contribution >= 0.6 is 0 Å². The highest BCUT2D eigenvalue weighted by Crippen LogP contribution is 2.60. The van der Waals surface area contributed by atoms with E-state index in [1.165, 1.54) is 70.6 Å². The Labute approximate surface area is 191 Å². The maximum Gasteiger partial charge on any atom is 0.226 e. The number of amides is 1. The highest BCUT2D eigenvalue weighted by molar-refractivity contribution is 5.80. The van der Waals surface area contributed by atoms with Crippen molar-refractivity contribution in [3.8, 4) is 0 Å². The van der Waals surface area contributed by atoms with Gasteiger partial charge in [-0.05, 0) is 114 Å². The Morgan fingerprint density at radius 2 is 1.71 bits per heavy atom. The van der Waals surface area contributed by atoms with E-state index in [1.54, 1.807) is 0 Å². The summed E-state index contributed by atoms with van der Waals surface area (Å²) in [5.74, 6) is 3.86. The van der Waals surface area contributed by atoms with Gasteiger partial charge in [-0.1, -0.05) is 33.1 Å². The van der Waals surface area contributed by atoms with Gasteiger partial charge < -0.3 is 10.0 Å². The molecule has 0 aromatic carbocycles. The number of hydrogen-bond acceptors (Lipinski definition) is 2. The number of nitrogens with zero attached hydrogens (tertiary/aromatic N) is 1. The van der Waals surface area contributed by atoms with Gasteiger partial charge in [0.15, 0.2) is 0 Å². The van der Waals surface area contributed by atoms with Crippen molar-refractivity contribution in [3.63, 3.8) is 0 Å². The van der Waals surface area contributed by atoms with E-state index in [-0.39, 0.29) is 11.3 Å². The first-order valence-corrected chi connectivity index (χ1v) is 13.8. The van der Waals surface area contributed by atoms with Crippen molar-refractivity contribution >= 4 is 5.91 Å². The van der Waals surface area contributed by atoms with Gasteiger partial charge in [0.2, 0.25) is 5.91 Å². The fraction of sp³-hybridized carbons (Fsp3) is 0.964. The summed E-state index contributed by atoms with van der Waals surface area (Å²) in [6.07, 6.45) is 16.9. The standard InChI is InChI=1S/C28H49NO2/c1-5-9-23-22(21-13-16-27(3,31)17-14-21)15-18-28(4)24(23)11-8-12-25(28)26(30)29-19-7-6-10-20(29)2/h20-25,31H,5-19H2,1-4H3/t20-,21?,22+,23+,24-,25+,27?,28-/m0/s1. The Morgan fingerprint density at radius 1 is 0.968 bits per heavy atom. The van der Waals surface area contributed by atoms with Gasteiger partial charge in [-0.3, -0.25) is 4.79 Å². The van der Waals surface area contributed by atoms with Crippen molar-refractivity contribution < 1.29 is 9.90 Å². The minimum atomic E-state index is -0.437. The summed E-state index contributed by atoms with van der Waals surface area (Å²) in [4.78, 5) is 16.1. The topological polar surface area (TPSA) is 40.5 Å². The molecule has 0 aromatic heterocycles. The molecule has 4 aliphatic rings. The number of hydrogen-bond donors (Lipinski definition) is 1. The Kier molecular flexibility index (Phi) is 7.12. The van der Waals surface area contributed by atoms with Gasteiger partial charge in [-0.15, -0.1) is 0 Å². The summed E-state index contributed by atoms with van der Waals surface area (Å²) in [6.45, 7) is 10.2. The molecule has 1 heterocycles. The first kappa shape index (κ1) is 23.6. The Balaban J connectivity index is 1.53. The van der Waals surface area contributed by atoms with Crippen LogP contribution in [0.2, 0.25) is 0 Å². The Hall–Kier alpha value is -0.570. The number of likely N-dealkylation sites (tertiary alicyclic amines) is 1. The molecule has 3 heteroatoms. The third kappa shape index (κ3) is 4.59. The molecule has 0 aromatic rings. The molecule has 3 nitrogen and oxygen atoms in total. The molecule has 178 valence electrons. The second-order valence-corrected chi connectivity index (χ2v) is 12.5. The lowest BCUT2D eigenvalue weighted by Gasteiger charge is -2.58. The predicted molar refractivity (Wildman–Crippen MR) is 128 cm³/mol. The van der Waals surface area contributed by atoms with Gasteiger partial charge in [-0.25, -0.2) is 0 Å². The average molecular weight is 432 g/mol. The fourth-order valence-electron chi connectivity index (χ4n) is 8.57. The van der Waals surface area contributed by atoms with Crippen LogP contribution in [0.4, 0.5) is 0 Å². The molecule has 1 saturated heterocycles. The fourth-order valence-corrected chi connectivity index (χ4v) is 8.57. The summed E-state index contributed by atoms with van der Waals surface area (Å²) in [7, 11) is 0. The third-order valence-electron chi connectivity index (χ3n) is 10.5. The Bertz CT molecular complexity index is 621. The lowest BCUT2D eigenvalue weighted by atomic mass is 9.47. The van der Waals surface area contributed by atoms with Gasteiger partial charge in [0, 0.05) is 18.5 Å². The number of fused-ring (bicyclic) bond motifs is 1. The van der Waals surface area contributed by atoms with Crippen LogP contribution in [0.3, 0.4) is 0 Å². The average Bonchev–Trinajstić information content (AvgIpc) is 2.74. The summed E-state index contributed by atoms with van der Waals surface area (Å²) >= 11 is 0. The first-order chi connectivity index (χ1) is 14.8. The van der Waals surface area contributed by atoms with Crippen molar-refractivity contribution in [3.05, 3.63) is 0 Å². The van der Waals surface area contributed by atoms with E-state index in [1.807, 2.05) is 6.92 Å². The van der Waals surface area contributed by atoms with Crippen LogP contribution in [0, 0.1) is 35.0 Å². The number of carbonyl (C=O) groups excluding carboxylic acids is 1. The molecule has 4 rings (SSSR count). The van der Waals surface area contributed by atoms with Gasteiger partial charge in [-0.2, -0.15) is 0 Å². The zero-order chi connectivity index (χ0) is 22.2. The number of aliphatic hydroxyl groups is 1. The van der Waals surface area contributed by atoms with Crippen LogP contribution in [0.5, 0.6) is 0 Å². The zero-order valence-corrected chi connectivity index (χ0v) is 20.9. The quantitative estimate of drug-likeness (QED) is 0.546. The predicted octanol–water partition coefficient (Wildman–Crippen LogP) is 6.58. The molecule has 4 fully saturated rings. The summed E-state index contributed by atoms with van der Waals surface area (Å²) in [5, 5.41) is 10.5. The maximum absolute atomic E-state index is 13.8. The van der Waals surface area contributed by atoms with E-state index >= 15 is 0 Å². The monoisotopic (exact) mass is 431 g/mol. The van der Waals surface area contributed by atoms with E-state index in [0.717, 1.165) is 49.5 Å². The third-order valence-corrected chi connectivity index (χ3v) is 10.5. The summed E-state index contributed by atoms with van der Waals surface area (Å²) < 4.78 is 0. The summed E-state index contributed by atoms with van der Waals surface area (Å²) in [6, 6.07) is 0.433. The molecule has 0 spiro atoms. The normalized spacial score (nSPS) is 46.4. The highest BCUT2D eigenvalue weighted by Gasteiger charge is 2.55. The molecule has 1 aliphatic heterocycles.